The second-order valence-corrected chi connectivity index (χ2v) is 10.5. The highest BCUT2D eigenvalue weighted by Crippen LogP contribution is 2.36. The number of piperidine rings is 1. The number of aryl methyl sites for hydroxylation is 3. The molecule has 0 aliphatic carbocycles. The molecule has 1 saturated heterocycles. The Morgan fingerprint density at radius 1 is 0.750 bits per heavy atom. The van der Waals surface area contributed by atoms with E-state index in [1.165, 1.54) is 11.1 Å². The van der Waals surface area contributed by atoms with Gasteiger partial charge in [0.25, 0.3) is 0 Å². The Labute approximate surface area is 191 Å². The summed E-state index contributed by atoms with van der Waals surface area (Å²) < 4.78 is 28.0. The van der Waals surface area contributed by atoms with Gasteiger partial charge in [0.05, 0.1) is 4.90 Å². The van der Waals surface area contributed by atoms with E-state index >= 15 is 0 Å². The second-order valence-electron chi connectivity index (χ2n) is 8.59. The number of hydrogen-bond acceptors (Lipinski definition) is 2. The van der Waals surface area contributed by atoms with Crippen LogP contribution in [0.5, 0.6) is 0 Å². The van der Waals surface area contributed by atoms with Gasteiger partial charge >= 0.3 is 0 Å². The number of sulfonamides is 1. The van der Waals surface area contributed by atoms with Crippen molar-refractivity contribution in [2.45, 2.75) is 32.1 Å². The van der Waals surface area contributed by atoms with E-state index in [1.807, 2.05) is 19.1 Å². The molecule has 0 atom stereocenters. The van der Waals surface area contributed by atoms with Crippen LogP contribution in [0, 0.1) is 20.8 Å². The van der Waals surface area contributed by atoms with Crippen LogP contribution in [0.25, 0.3) is 5.57 Å². The van der Waals surface area contributed by atoms with E-state index in [0.29, 0.717) is 24.4 Å². The molecule has 0 spiro atoms. The lowest BCUT2D eigenvalue weighted by Crippen LogP contribution is -2.37. The molecule has 3 aromatic carbocycles. The van der Waals surface area contributed by atoms with Crippen molar-refractivity contribution in [3.05, 3.63) is 118 Å². The molecule has 32 heavy (non-hydrogen) atoms. The van der Waals surface area contributed by atoms with Crippen molar-refractivity contribution < 1.29 is 8.42 Å². The summed E-state index contributed by atoms with van der Waals surface area (Å²) in [7, 11) is -3.55. The van der Waals surface area contributed by atoms with Crippen molar-refractivity contribution in [2.24, 2.45) is 0 Å². The zero-order chi connectivity index (χ0) is 22.9. The fraction of sp³-hybridized carbons (Fsp3) is 0.214. The highest BCUT2D eigenvalue weighted by molar-refractivity contribution is 7.89. The Bertz CT molecular complexity index is 1220. The molecule has 4 rings (SSSR count). The summed E-state index contributed by atoms with van der Waals surface area (Å²) in [5.74, 6) is 0. The molecule has 0 unspecified atom stereocenters. The van der Waals surface area contributed by atoms with Gasteiger partial charge in [0.2, 0.25) is 10.0 Å². The molecule has 0 N–H and O–H groups in total. The lowest BCUT2D eigenvalue weighted by Gasteiger charge is -2.31. The van der Waals surface area contributed by atoms with Gasteiger partial charge < -0.3 is 0 Å². The largest absolute Gasteiger partial charge is 0.243 e. The Hall–Kier alpha value is -2.95. The van der Waals surface area contributed by atoms with Crippen LogP contribution in [0.15, 0.2) is 95.4 Å². The number of hydrogen-bond donors (Lipinski definition) is 0. The molecule has 0 amide bonds. The van der Waals surface area contributed by atoms with Crippen LogP contribution in [0.2, 0.25) is 0 Å². The Morgan fingerprint density at radius 3 is 1.62 bits per heavy atom. The van der Waals surface area contributed by atoms with E-state index in [4.69, 9.17) is 0 Å². The van der Waals surface area contributed by atoms with E-state index in [1.54, 1.807) is 16.4 Å². The SMILES string of the molecule is C=C1CN(S(=O)(=O)c2ccc(C)cc2)CCC1=C(c1ccc(C)cc1)c1ccc(C)cc1. The molecule has 1 heterocycles. The molecule has 164 valence electrons. The molecular weight excluding hydrogens is 414 g/mol. The predicted molar refractivity (Wildman–Crippen MR) is 132 cm³/mol. The van der Waals surface area contributed by atoms with E-state index < -0.39 is 10.0 Å². The van der Waals surface area contributed by atoms with Crippen LogP contribution < -0.4 is 0 Å². The lowest BCUT2D eigenvalue weighted by molar-refractivity contribution is 0.422. The molecule has 0 aromatic heterocycles. The van der Waals surface area contributed by atoms with Crippen molar-refractivity contribution in [1.82, 2.24) is 4.31 Å². The predicted octanol–water partition coefficient (Wildman–Crippen LogP) is 6.06. The first-order chi connectivity index (χ1) is 15.3. The van der Waals surface area contributed by atoms with E-state index in [9.17, 15) is 8.42 Å². The average Bonchev–Trinajstić information content (AvgIpc) is 2.77. The van der Waals surface area contributed by atoms with Crippen LogP contribution in [0.3, 0.4) is 0 Å². The third-order valence-electron chi connectivity index (χ3n) is 6.05. The third-order valence-corrected chi connectivity index (χ3v) is 7.91. The lowest BCUT2D eigenvalue weighted by atomic mass is 9.86. The highest BCUT2D eigenvalue weighted by atomic mass is 32.2. The number of nitrogens with zero attached hydrogens (tertiary/aromatic N) is 1. The fourth-order valence-electron chi connectivity index (χ4n) is 4.12. The third kappa shape index (κ3) is 4.47. The molecular formula is C28H29NO2S. The smallest absolute Gasteiger partial charge is 0.207 e. The van der Waals surface area contributed by atoms with E-state index in [0.717, 1.165) is 33.4 Å². The van der Waals surface area contributed by atoms with Crippen molar-refractivity contribution in [3.63, 3.8) is 0 Å². The van der Waals surface area contributed by atoms with Crippen LogP contribution in [-0.2, 0) is 10.0 Å². The minimum atomic E-state index is -3.55. The Balaban J connectivity index is 1.72. The first kappa shape index (κ1) is 22.3. The maximum atomic E-state index is 13.2. The highest BCUT2D eigenvalue weighted by Gasteiger charge is 2.30. The molecule has 3 aromatic rings. The monoisotopic (exact) mass is 443 g/mol. The van der Waals surface area contributed by atoms with Gasteiger partial charge in [0.15, 0.2) is 0 Å². The Morgan fingerprint density at radius 2 is 1.19 bits per heavy atom. The van der Waals surface area contributed by atoms with Gasteiger partial charge in [-0.25, -0.2) is 8.42 Å². The number of rotatable bonds is 4. The first-order valence-electron chi connectivity index (χ1n) is 10.9. The molecule has 1 aliphatic rings. The molecule has 0 radical (unpaired) electrons. The zero-order valence-electron chi connectivity index (χ0n) is 18.9. The first-order valence-corrected chi connectivity index (χ1v) is 12.3. The van der Waals surface area contributed by atoms with Crippen molar-refractivity contribution >= 4 is 15.6 Å². The van der Waals surface area contributed by atoms with Gasteiger partial charge in [0.1, 0.15) is 0 Å². The minimum Gasteiger partial charge on any atom is -0.207 e. The molecule has 4 heteroatoms. The molecule has 1 aliphatic heterocycles. The van der Waals surface area contributed by atoms with Crippen LogP contribution in [0.4, 0.5) is 0 Å². The average molecular weight is 444 g/mol. The van der Waals surface area contributed by atoms with E-state index in [-0.39, 0.29) is 0 Å². The summed E-state index contributed by atoms with van der Waals surface area (Å²) in [6.07, 6.45) is 0.626. The quantitative estimate of drug-likeness (QED) is 0.491. The number of benzene rings is 3. The van der Waals surface area contributed by atoms with Gasteiger partial charge in [-0.1, -0.05) is 83.9 Å². The van der Waals surface area contributed by atoms with Crippen molar-refractivity contribution in [3.8, 4) is 0 Å². The zero-order valence-corrected chi connectivity index (χ0v) is 19.7. The summed E-state index contributed by atoms with van der Waals surface area (Å²) >= 11 is 0. The molecule has 3 nitrogen and oxygen atoms in total. The summed E-state index contributed by atoms with van der Waals surface area (Å²) in [6.45, 7) is 11.2. The van der Waals surface area contributed by atoms with Crippen LogP contribution >= 0.6 is 0 Å². The topological polar surface area (TPSA) is 37.4 Å². The standard InChI is InChI=1S/C28H29NO2S/c1-20-5-11-24(12-6-20)28(25-13-7-21(2)8-14-25)27-17-18-29(19-23(27)4)32(30,31)26-15-9-22(3)10-16-26/h5-16H,4,17-19H2,1-3H3. The van der Waals surface area contributed by atoms with Gasteiger partial charge in [-0.05, 0) is 67.2 Å². The van der Waals surface area contributed by atoms with Crippen molar-refractivity contribution in [2.75, 3.05) is 13.1 Å². The van der Waals surface area contributed by atoms with Crippen molar-refractivity contribution in [1.29, 1.82) is 0 Å². The van der Waals surface area contributed by atoms with Gasteiger partial charge in [-0.2, -0.15) is 4.31 Å². The summed E-state index contributed by atoms with van der Waals surface area (Å²) in [4.78, 5) is 0.334. The van der Waals surface area contributed by atoms with Gasteiger partial charge in [-0.3, -0.25) is 0 Å². The minimum absolute atomic E-state index is 0.298. The summed E-state index contributed by atoms with van der Waals surface area (Å²) in [6, 6.07) is 24.1. The van der Waals surface area contributed by atoms with Gasteiger partial charge in [-0.15, -0.1) is 0 Å². The molecule has 1 fully saturated rings. The normalized spacial score (nSPS) is 15.1. The van der Waals surface area contributed by atoms with Crippen LogP contribution in [-0.4, -0.2) is 25.8 Å². The second kappa shape index (κ2) is 8.89. The molecule has 0 saturated carbocycles. The van der Waals surface area contributed by atoms with E-state index in [2.05, 4.69) is 69.0 Å². The van der Waals surface area contributed by atoms with Crippen LogP contribution in [0.1, 0.15) is 34.2 Å². The maximum absolute atomic E-state index is 13.2. The summed E-state index contributed by atoms with van der Waals surface area (Å²) in [5, 5.41) is 0. The van der Waals surface area contributed by atoms with Gasteiger partial charge in [0, 0.05) is 13.1 Å². The fourth-order valence-corrected chi connectivity index (χ4v) is 5.56. The maximum Gasteiger partial charge on any atom is 0.243 e. The summed E-state index contributed by atoms with van der Waals surface area (Å²) in [5.41, 5.74) is 8.84. The molecule has 0 bridgehead atoms. The Kier molecular flexibility index (Phi) is 6.18.